The lowest BCUT2D eigenvalue weighted by molar-refractivity contribution is 0.0124. The molecule has 5 rings (SSSR count). The van der Waals surface area contributed by atoms with Gasteiger partial charge in [0.25, 0.3) is 0 Å². The van der Waals surface area contributed by atoms with Crippen LogP contribution < -0.4 is 0 Å². The largest absolute Gasteiger partial charge is 0.508 e. The lowest BCUT2D eigenvalue weighted by Gasteiger charge is -2.30. The van der Waals surface area contributed by atoms with Crippen molar-refractivity contribution in [2.24, 2.45) is 0 Å². The van der Waals surface area contributed by atoms with Crippen LogP contribution in [0.3, 0.4) is 0 Å². The number of aliphatic hydroxyl groups excluding tert-OH is 7. The lowest BCUT2D eigenvalue weighted by Crippen LogP contribution is -2.28. The molecule has 0 saturated heterocycles. The van der Waals surface area contributed by atoms with E-state index in [1.54, 1.807) is 18.2 Å². The van der Waals surface area contributed by atoms with Crippen molar-refractivity contribution >= 4 is 28.0 Å². The predicted molar refractivity (Wildman–Crippen MR) is 144 cm³/mol. The van der Waals surface area contributed by atoms with E-state index in [-0.39, 0.29) is 27.8 Å². The Hall–Kier alpha value is -4.92. The third-order valence-corrected chi connectivity index (χ3v) is 6.72. The van der Waals surface area contributed by atoms with Gasteiger partial charge >= 0.3 is 5.95 Å². The number of fused-ring (bicyclic) bond motifs is 2. The van der Waals surface area contributed by atoms with E-state index in [9.17, 15) is 40.9 Å². The van der Waals surface area contributed by atoms with E-state index in [0.29, 0.717) is 5.56 Å². The molecule has 38 heavy (non-hydrogen) atoms. The van der Waals surface area contributed by atoms with Crippen molar-refractivity contribution < 1.29 is 40.9 Å². The first-order valence-corrected chi connectivity index (χ1v) is 11.6. The lowest BCUT2D eigenvalue weighted by atomic mass is 9.79. The fourth-order valence-corrected chi connectivity index (χ4v) is 4.90. The first-order valence-electron chi connectivity index (χ1n) is 11.6. The quantitative estimate of drug-likeness (QED) is 0.150. The highest BCUT2D eigenvalue weighted by atomic mass is 16.5. The van der Waals surface area contributed by atoms with Gasteiger partial charge in [0.15, 0.2) is 11.5 Å². The highest BCUT2D eigenvalue weighted by Gasteiger charge is 2.38. The Kier molecular flexibility index (Phi) is 5.99. The van der Waals surface area contributed by atoms with Crippen LogP contribution in [0.5, 0.6) is 0 Å². The number of hydrogen-bond donors (Lipinski definition) is 8. The van der Waals surface area contributed by atoms with Crippen molar-refractivity contribution in [2.75, 3.05) is 0 Å². The molecule has 192 valence electrons. The predicted octanol–water partition coefficient (Wildman–Crippen LogP) is 6.20. The van der Waals surface area contributed by atoms with Gasteiger partial charge in [-0.1, -0.05) is 61.2 Å². The summed E-state index contributed by atoms with van der Waals surface area (Å²) in [5.41, 5.74) is 1.21. The minimum atomic E-state index is -1.89. The topological polar surface area (TPSA) is 162 Å². The van der Waals surface area contributed by atoms with E-state index in [2.05, 4.69) is 6.58 Å². The molecule has 4 aromatic carbocycles. The molecule has 0 aromatic heterocycles. The minimum Gasteiger partial charge on any atom is -0.508 e. The summed E-state index contributed by atoms with van der Waals surface area (Å²) in [6.45, 7) is 3.54. The Balaban J connectivity index is 1.85. The molecule has 0 radical (unpaired) electrons. The molecular weight excluding hydrogens is 488 g/mol. The van der Waals surface area contributed by atoms with Gasteiger partial charge in [-0.05, 0) is 51.2 Å². The molecule has 8 nitrogen and oxygen atoms in total. The van der Waals surface area contributed by atoms with Gasteiger partial charge in [0.1, 0.15) is 18.0 Å². The standard InChI is InChI=1S/C30H24O8/c1-14(31)22-20(26(33)30(37)38)13-21-24(27(34)29(36)28(35)25(21)32)23(22)19-8-4-7-17(12-19)18-10-9-15-5-2-3-6-16(15)11-18/h2-13,25,28,31-38H,1H2. The summed E-state index contributed by atoms with van der Waals surface area (Å²) < 4.78 is 0. The fourth-order valence-electron chi connectivity index (χ4n) is 4.90. The number of rotatable bonds is 4. The van der Waals surface area contributed by atoms with Gasteiger partial charge in [0, 0.05) is 22.3 Å². The zero-order valence-corrected chi connectivity index (χ0v) is 19.9. The molecule has 0 bridgehead atoms. The first-order chi connectivity index (χ1) is 18.1. The number of benzene rings is 4. The Morgan fingerprint density at radius 2 is 1.32 bits per heavy atom. The van der Waals surface area contributed by atoms with E-state index in [0.717, 1.165) is 28.0 Å². The van der Waals surface area contributed by atoms with Crippen LogP contribution in [-0.4, -0.2) is 47.0 Å². The average molecular weight is 513 g/mol. The summed E-state index contributed by atoms with van der Waals surface area (Å²) in [5, 5.41) is 84.6. The molecule has 8 heteroatoms. The third-order valence-electron chi connectivity index (χ3n) is 6.72. The average Bonchev–Trinajstić information content (AvgIpc) is 2.92. The monoisotopic (exact) mass is 512 g/mol. The van der Waals surface area contributed by atoms with Crippen LogP contribution in [0.4, 0.5) is 0 Å². The van der Waals surface area contributed by atoms with Crippen LogP contribution in [0.15, 0.2) is 91.1 Å². The highest BCUT2D eigenvalue weighted by Crippen LogP contribution is 2.47. The zero-order valence-electron chi connectivity index (χ0n) is 19.9. The van der Waals surface area contributed by atoms with E-state index >= 15 is 0 Å². The van der Waals surface area contributed by atoms with Crippen LogP contribution in [0.2, 0.25) is 0 Å². The Morgan fingerprint density at radius 1 is 0.658 bits per heavy atom. The van der Waals surface area contributed by atoms with Crippen molar-refractivity contribution in [3.05, 3.63) is 113 Å². The van der Waals surface area contributed by atoms with Gasteiger partial charge in [0.05, 0.1) is 0 Å². The van der Waals surface area contributed by atoms with Crippen LogP contribution in [-0.2, 0) is 0 Å². The van der Waals surface area contributed by atoms with E-state index in [1.165, 1.54) is 0 Å². The molecule has 2 atom stereocenters. The molecule has 0 spiro atoms. The van der Waals surface area contributed by atoms with Crippen molar-refractivity contribution in [3.8, 4) is 22.3 Å². The molecule has 8 N–H and O–H groups in total. The molecule has 2 unspecified atom stereocenters. The maximum absolute atomic E-state index is 10.9. The smallest absolute Gasteiger partial charge is 0.318 e. The van der Waals surface area contributed by atoms with Gasteiger partial charge in [-0.15, -0.1) is 0 Å². The Bertz CT molecular complexity index is 1680. The summed E-state index contributed by atoms with van der Waals surface area (Å²) in [6, 6.07) is 21.7. The second-order valence-corrected chi connectivity index (χ2v) is 9.02. The summed E-state index contributed by atoms with van der Waals surface area (Å²) in [5.74, 6) is -4.74. The summed E-state index contributed by atoms with van der Waals surface area (Å²) >= 11 is 0. The number of hydrogen-bond acceptors (Lipinski definition) is 8. The Morgan fingerprint density at radius 3 is 2.00 bits per heavy atom. The van der Waals surface area contributed by atoms with Crippen LogP contribution in [0, 0.1) is 0 Å². The maximum Gasteiger partial charge on any atom is 0.318 e. The molecule has 4 aromatic rings. The van der Waals surface area contributed by atoms with Crippen molar-refractivity contribution in [1.29, 1.82) is 0 Å². The molecule has 1 aliphatic rings. The third kappa shape index (κ3) is 3.88. The van der Waals surface area contributed by atoms with Crippen LogP contribution >= 0.6 is 0 Å². The van der Waals surface area contributed by atoms with E-state index < -0.39 is 41.2 Å². The Labute approximate surface area is 216 Å². The molecule has 1 aliphatic carbocycles. The number of aliphatic hydroxyl groups is 8. The maximum atomic E-state index is 10.9. The highest BCUT2D eigenvalue weighted by molar-refractivity contribution is 5.95. The van der Waals surface area contributed by atoms with Gasteiger partial charge in [-0.25, -0.2) is 0 Å². The SMILES string of the molecule is C=C(O)c1c(C(O)=C(O)O)cc2c(c1-c1cccc(-c3ccc4ccccc4c3)c1)C(O)=C(O)C(O)C2O. The van der Waals surface area contributed by atoms with E-state index in [4.69, 9.17) is 0 Å². The molecule has 0 amide bonds. The van der Waals surface area contributed by atoms with Gasteiger partial charge in [-0.2, -0.15) is 0 Å². The summed E-state index contributed by atoms with van der Waals surface area (Å²) in [6.07, 6.45) is -3.64. The first kappa shape index (κ1) is 24.8. The summed E-state index contributed by atoms with van der Waals surface area (Å²) in [7, 11) is 0. The molecule has 0 fully saturated rings. The van der Waals surface area contributed by atoms with E-state index in [1.807, 2.05) is 48.5 Å². The van der Waals surface area contributed by atoms with Crippen LogP contribution in [0.1, 0.15) is 28.4 Å². The molecule has 0 saturated carbocycles. The van der Waals surface area contributed by atoms with Crippen molar-refractivity contribution in [2.45, 2.75) is 12.2 Å². The minimum absolute atomic E-state index is 0.0236. The second-order valence-electron chi connectivity index (χ2n) is 9.02. The fraction of sp³-hybridized carbons (Fsp3) is 0.0667. The molecule has 0 heterocycles. The van der Waals surface area contributed by atoms with Gasteiger partial charge < -0.3 is 40.9 Å². The normalized spacial score (nSPS) is 16.8. The molecular formula is C30H24O8. The zero-order chi connectivity index (χ0) is 27.3. The molecule has 0 aliphatic heterocycles. The van der Waals surface area contributed by atoms with Crippen LogP contribution in [0.25, 0.3) is 50.3 Å². The van der Waals surface area contributed by atoms with Gasteiger partial charge in [0.2, 0.25) is 5.76 Å². The van der Waals surface area contributed by atoms with Crippen molar-refractivity contribution in [1.82, 2.24) is 0 Å². The van der Waals surface area contributed by atoms with Gasteiger partial charge in [-0.3, -0.25) is 0 Å². The second kappa shape index (κ2) is 9.19. The summed E-state index contributed by atoms with van der Waals surface area (Å²) in [4.78, 5) is 0. The van der Waals surface area contributed by atoms with Crippen molar-refractivity contribution in [3.63, 3.8) is 0 Å².